The van der Waals surface area contributed by atoms with Crippen LogP contribution in [-0.4, -0.2) is 48.2 Å². The van der Waals surface area contributed by atoms with Gasteiger partial charge in [-0.1, -0.05) is 6.92 Å². The van der Waals surface area contributed by atoms with Crippen LogP contribution in [0.1, 0.15) is 40.5 Å². The zero-order chi connectivity index (χ0) is 13.8. The third kappa shape index (κ3) is 3.98. The lowest BCUT2D eigenvalue weighted by Crippen LogP contribution is -2.41. The quantitative estimate of drug-likeness (QED) is 0.723. The summed E-state index contributed by atoms with van der Waals surface area (Å²) in [5, 5.41) is 0. The van der Waals surface area contributed by atoms with Crippen molar-refractivity contribution >= 4 is 12.4 Å². The van der Waals surface area contributed by atoms with Crippen LogP contribution in [0.25, 0.3) is 0 Å². The van der Waals surface area contributed by atoms with Gasteiger partial charge in [0.15, 0.2) is 6.29 Å². The van der Waals surface area contributed by atoms with Gasteiger partial charge in [-0.15, -0.1) is 0 Å². The van der Waals surface area contributed by atoms with Crippen LogP contribution in [0.5, 0.6) is 0 Å². The third-order valence-corrected chi connectivity index (χ3v) is 2.72. The van der Waals surface area contributed by atoms with E-state index in [2.05, 4.69) is 0 Å². The number of aldehydes is 1. The number of carbonyl (C=O) groups excluding carboxylic acids is 2. The highest BCUT2D eigenvalue weighted by Crippen LogP contribution is 2.25. The molecule has 1 rings (SSSR count). The third-order valence-electron chi connectivity index (χ3n) is 2.72. The largest absolute Gasteiger partial charge is 0.444 e. The smallest absolute Gasteiger partial charge is 0.410 e. The molecule has 1 amide bonds. The number of hydrogen-bond acceptors (Lipinski definition) is 4. The maximum absolute atomic E-state index is 11.9. The number of carbonyl (C=O) groups is 2. The fourth-order valence-corrected chi connectivity index (χ4v) is 1.84. The van der Waals surface area contributed by atoms with Gasteiger partial charge in [0.2, 0.25) is 0 Å². The zero-order valence-corrected chi connectivity index (χ0v) is 11.7. The first-order valence-corrected chi connectivity index (χ1v) is 6.40. The minimum atomic E-state index is -0.840. The van der Waals surface area contributed by atoms with Crippen molar-refractivity contribution in [3.05, 3.63) is 0 Å². The minimum absolute atomic E-state index is 0.283. The Hall–Kier alpha value is -1.10. The van der Waals surface area contributed by atoms with E-state index in [0.29, 0.717) is 19.6 Å². The summed E-state index contributed by atoms with van der Waals surface area (Å²) in [5.41, 5.74) is -1.36. The minimum Gasteiger partial charge on any atom is -0.444 e. The number of hydrogen-bond donors (Lipinski definition) is 0. The van der Waals surface area contributed by atoms with Gasteiger partial charge in [0.05, 0.1) is 6.54 Å². The van der Waals surface area contributed by atoms with Gasteiger partial charge in [-0.25, -0.2) is 4.79 Å². The molecule has 0 aromatic heterocycles. The molecule has 18 heavy (non-hydrogen) atoms. The molecule has 0 bridgehead atoms. The number of nitrogens with zero attached hydrogens (tertiary/aromatic N) is 1. The van der Waals surface area contributed by atoms with Crippen molar-refractivity contribution in [2.24, 2.45) is 0 Å². The number of likely N-dealkylation sites (tertiary alicyclic amines) is 1. The van der Waals surface area contributed by atoms with E-state index in [1.54, 1.807) is 0 Å². The van der Waals surface area contributed by atoms with Crippen LogP contribution in [0.2, 0.25) is 0 Å². The SMILES string of the molecule is CCCOC1(C=O)CCN(C(=O)OC(C)(C)C)C1. The van der Waals surface area contributed by atoms with Crippen LogP contribution in [0.3, 0.4) is 0 Å². The summed E-state index contributed by atoms with van der Waals surface area (Å²) in [6.07, 6.45) is 1.82. The van der Waals surface area contributed by atoms with Gasteiger partial charge in [-0.3, -0.25) is 0 Å². The molecule has 5 nitrogen and oxygen atoms in total. The predicted octanol–water partition coefficient (Wildman–Crippen LogP) is 1.99. The van der Waals surface area contributed by atoms with Crippen LogP contribution in [0.4, 0.5) is 4.79 Å². The molecule has 1 saturated heterocycles. The van der Waals surface area contributed by atoms with E-state index in [9.17, 15) is 9.59 Å². The van der Waals surface area contributed by atoms with Crippen molar-refractivity contribution in [3.63, 3.8) is 0 Å². The van der Waals surface area contributed by atoms with E-state index in [0.717, 1.165) is 12.7 Å². The highest BCUT2D eigenvalue weighted by Gasteiger charge is 2.42. The second-order valence-electron chi connectivity index (χ2n) is 5.68. The van der Waals surface area contributed by atoms with Crippen molar-refractivity contribution in [2.45, 2.75) is 51.7 Å². The van der Waals surface area contributed by atoms with Gasteiger partial charge >= 0.3 is 6.09 Å². The molecule has 0 aromatic carbocycles. The van der Waals surface area contributed by atoms with Crippen molar-refractivity contribution in [2.75, 3.05) is 19.7 Å². The average molecular weight is 257 g/mol. The van der Waals surface area contributed by atoms with Crippen LogP contribution < -0.4 is 0 Å². The Labute approximate surface area is 108 Å². The summed E-state index contributed by atoms with van der Waals surface area (Å²) in [7, 11) is 0. The van der Waals surface area contributed by atoms with E-state index in [1.165, 1.54) is 4.90 Å². The van der Waals surface area contributed by atoms with Crippen molar-refractivity contribution in [1.82, 2.24) is 4.90 Å². The molecule has 1 aliphatic rings. The van der Waals surface area contributed by atoms with Gasteiger partial charge < -0.3 is 19.2 Å². The second-order valence-corrected chi connectivity index (χ2v) is 5.68. The molecular weight excluding hydrogens is 234 g/mol. The molecule has 0 aliphatic carbocycles. The molecule has 0 radical (unpaired) electrons. The summed E-state index contributed by atoms with van der Waals surface area (Å²) < 4.78 is 10.9. The van der Waals surface area contributed by atoms with Crippen molar-refractivity contribution < 1.29 is 19.1 Å². The molecule has 1 atom stereocenters. The van der Waals surface area contributed by atoms with Gasteiger partial charge in [-0.2, -0.15) is 0 Å². The Balaban J connectivity index is 2.58. The Morgan fingerprint density at radius 2 is 2.11 bits per heavy atom. The Kier molecular flexibility index (Phi) is 4.73. The lowest BCUT2D eigenvalue weighted by atomic mass is 10.1. The van der Waals surface area contributed by atoms with E-state index in [1.807, 2.05) is 27.7 Å². The highest BCUT2D eigenvalue weighted by molar-refractivity contribution is 5.72. The monoisotopic (exact) mass is 257 g/mol. The van der Waals surface area contributed by atoms with E-state index < -0.39 is 11.2 Å². The molecule has 1 fully saturated rings. The molecule has 0 spiro atoms. The number of ether oxygens (including phenoxy) is 2. The van der Waals surface area contributed by atoms with Crippen LogP contribution in [0, 0.1) is 0 Å². The molecule has 104 valence electrons. The van der Waals surface area contributed by atoms with Crippen LogP contribution in [-0.2, 0) is 14.3 Å². The molecule has 0 N–H and O–H groups in total. The predicted molar refractivity (Wildman–Crippen MR) is 67.5 cm³/mol. The average Bonchev–Trinajstić information content (AvgIpc) is 2.69. The molecular formula is C13H23NO4. The van der Waals surface area contributed by atoms with Crippen molar-refractivity contribution in [1.29, 1.82) is 0 Å². The van der Waals surface area contributed by atoms with Crippen LogP contribution in [0.15, 0.2) is 0 Å². The Morgan fingerprint density at radius 3 is 2.61 bits per heavy atom. The van der Waals surface area contributed by atoms with Gasteiger partial charge in [0.1, 0.15) is 11.2 Å². The van der Waals surface area contributed by atoms with Gasteiger partial charge in [0.25, 0.3) is 0 Å². The standard InChI is InChI=1S/C13H23NO4/c1-5-8-17-13(10-15)6-7-14(9-13)11(16)18-12(2,3)4/h10H,5-9H2,1-4H3. The Bertz CT molecular complexity index is 311. The number of amides is 1. The molecule has 1 heterocycles. The van der Waals surface area contributed by atoms with Gasteiger partial charge in [0, 0.05) is 19.6 Å². The highest BCUT2D eigenvalue weighted by atomic mass is 16.6. The van der Waals surface area contributed by atoms with E-state index in [4.69, 9.17) is 9.47 Å². The molecule has 0 aromatic rings. The van der Waals surface area contributed by atoms with E-state index in [-0.39, 0.29) is 12.6 Å². The lowest BCUT2D eigenvalue weighted by molar-refractivity contribution is -0.129. The molecule has 1 unspecified atom stereocenters. The first-order valence-electron chi connectivity index (χ1n) is 6.40. The molecule has 0 saturated carbocycles. The van der Waals surface area contributed by atoms with Crippen molar-refractivity contribution in [3.8, 4) is 0 Å². The molecule has 5 heteroatoms. The fraction of sp³-hybridized carbons (Fsp3) is 0.846. The summed E-state index contributed by atoms with van der Waals surface area (Å²) in [6, 6.07) is 0. The fourth-order valence-electron chi connectivity index (χ4n) is 1.84. The number of rotatable bonds is 4. The second kappa shape index (κ2) is 5.69. The normalized spacial score (nSPS) is 24.1. The topological polar surface area (TPSA) is 55.8 Å². The summed E-state index contributed by atoms with van der Waals surface area (Å²) >= 11 is 0. The lowest BCUT2D eigenvalue weighted by Gasteiger charge is -2.26. The Morgan fingerprint density at radius 1 is 1.44 bits per heavy atom. The first kappa shape index (κ1) is 15.0. The summed E-state index contributed by atoms with van der Waals surface area (Å²) in [6.45, 7) is 8.76. The molecule has 1 aliphatic heterocycles. The van der Waals surface area contributed by atoms with E-state index >= 15 is 0 Å². The first-order chi connectivity index (χ1) is 8.32. The summed E-state index contributed by atoms with van der Waals surface area (Å²) in [5.74, 6) is 0. The zero-order valence-electron chi connectivity index (χ0n) is 11.7. The maximum Gasteiger partial charge on any atom is 0.410 e. The van der Waals surface area contributed by atoms with Crippen LogP contribution >= 0.6 is 0 Å². The summed E-state index contributed by atoms with van der Waals surface area (Å²) in [4.78, 5) is 24.6. The maximum atomic E-state index is 11.9. The van der Waals surface area contributed by atoms with Gasteiger partial charge in [-0.05, 0) is 27.2 Å².